The topological polar surface area (TPSA) is 98.0 Å². The van der Waals surface area contributed by atoms with Gasteiger partial charge in [-0.2, -0.15) is 0 Å². The van der Waals surface area contributed by atoms with Gasteiger partial charge >= 0.3 is 0 Å². The molecule has 0 amide bonds. The number of carbonyl (C=O) groups excluding carboxylic acids is 1. The van der Waals surface area contributed by atoms with Crippen LogP contribution in [-0.4, -0.2) is 32.3 Å². The van der Waals surface area contributed by atoms with E-state index in [1.54, 1.807) is 12.2 Å². The fourth-order valence-electron chi connectivity index (χ4n) is 2.10. The van der Waals surface area contributed by atoms with E-state index in [1.165, 1.54) is 0 Å². The third-order valence-corrected chi connectivity index (χ3v) is 3.16. The van der Waals surface area contributed by atoms with Crippen LogP contribution in [-0.2, 0) is 0 Å². The van der Waals surface area contributed by atoms with Crippen LogP contribution in [0.1, 0.15) is 29.6 Å². The van der Waals surface area contributed by atoms with E-state index in [4.69, 9.17) is 0 Å². The van der Waals surface area contributed by atoms with E-state index >= 15 is 0 Å². The number of rotatable bonds is 4. The molecule has 0 saturated carbocycles. The Morgan fingerprint density at radius 2 is 1.85 bits per heavy atom. The Kier molecular flexibility index (Phi) is 4.10. The predicted octanol–water partition coefficient (Wildman–Crippen LogP) is 2.01. The Labute approximate surface area is 116 Å². The third kappa shape index (κ3) is 3.19. The van der Waals surface area contributed by atoms with E-state index in [0.717, 1.165) is 17.7 Å². The Morgan fingerprint density at radius 1 is 1.20 bits per heavy atom. The Morgan fingerprint density at radius 3 is 2.40 bits per heavy atom. The molecule has 0 aromatic heterocycles. The SMILES string of the molecule is O=C(CCC1=CCC(O)C=C1)c1c(O)cc(O)cc1O. The van der Waals surface area contributed by atoms with Gasteiger partial charge in [-0.3, -0.25) is 4.79 Å². The standard InChI is InChI=1S/C15H16O5/c16-10-4-1-9(2-5-10)3-6-12(18)15-13(19)7-11(17)8-14(15)20/h1-2,4,7-8,10,16-17,19-20H,3,5-6H2. The minimum atomic E-state index is -0.473. The number of allylic oxidation sites excluding steroid dienone is 2. The van der Waals surface area contributed by atoms with Crippen LogP contribution in [0.4, 0.5) is 0 Å². The third-order valence-electron chi connectivity index (χ3n) is 3.16. The number of phenolic OH excluding ortho intramolecular Hbond substituents is 3. The molecule has 4 N–H and O–H groups in total. The van der Waals surface area contributed by atoms with Crippen LogP contribution >= 0.6 is 0 Å². The monoisotopic (exact) mass is 276 g/mol. The first-order chi connectivity index (χ1) is 9.47. The first-order valence-corrected chi connectivity index (χ1v) is 6.31. The fourth-order valence-corrected chi connectivity index (χ4v) is 2.10. The summed E-state index contributed by atoms with van der Waals surface area (Å²) in [5, 5.41) is 37.7. The van der Waals surface area contributed by atoms with Crippen molar-refractivity contribution in [2.75, 3.05) is 0 Å². The maximum atomic E-state index is 12.0. The summed E-state index contributed by atoms with van der Waals surface area (Å²) in [4.78, 5) is 12.0. The summed E-state index contributed by atoms with van der Waals surface area (Å²) in [5.41, 5.74) is 0.754. The smallest absolute Gasteiger partial charge is 0.170 e. The molecule has 20 heavy (non-hydrogen) atoms. The van der Waals surface area contributed by atoms with E-state index < -0.39 is 23.4 Å². The summed E-state index contributed by atoms with van der Waals surface area (Å²) >= 11 is 0. The highest BCUT2D eigenvalue weighted by atomic mass is 16.3. The average molecular weight is 276 g/mol. The van der Waals surface area contributed by atoms with Gasteiger partial charge < -0.3 is 20.4 Å². The molecule has 1 aromatic rings. The van der Waals surface area contributed by atoms with Crippen molar-refractivity contribution in [3.63, 3.8) is 0 Å². The highest BCUT2D eigenvalue weighted by Gasteiger charge is 2.18. The van der Waals surface area contributed by atoms with Gasteiger partial charge in [-0.05, 0) is 12.8 Å². The second kappa shape index (κ2) is 5.79. The molecule has 1 aromatic carbocycles. The van der Waals surface area contributed by atoms with Crippen molar-refractivity contribution < 1.29 is 25.2 Å². The van der Waals surface area contributed by atoms with Crippen molar-refractivity contribution in [2.24, 2.45) is 0 Å². The van der Waals surface area contributed by atoms with Gasteiger partial charge in [-0.25, -0.2) is 0 Å². The number of ketones is 1. The molecule has 1 unspecified atom stereocenters. The zero-order valence-corrected chi connectivity index (χ0v) is 10.8. The molecule has 0 fully saturated rings. The van der Waals surface area contributed by atoms with Gasteiger partial charge in [0, 0.05) is 18.6 Å². The van der Waals surface area contributed by atoms with Crippen molar-refractivity contribution in [3.8, 4) is 17.2 Å². The molecular weight excluding hydrogens is 260 g/mol. The lowest BCUT2D eigenvalue weighted by Gasteiger charge is -2.11. The van der Waals surface area contributed by atoms with Crippen LogP contribution in [0.15, 0.2) is 35.9 Å². The molecule has 0 saturated heterocycles. The highest BCUT2D eigenvalue weighted by Crippen LogP contribution is 2.33. The zero-order chi connectivity index (χ0) is 14.7. The van der Waals surface area contributed by atoms with E-state index in [-0.39, 0.29) is 17.7 Å². The first-order valence-electron chi connectivity index (χ1n) is 6.31. The molecular formula is C15H16O5. The summed E-state index contributed by atoms with van der Waals surface area (Å²) in [5.74, 6) is -1.57. The lowest BCUT2D eigenvalue weighted by molar-refractivity contribution is 0.0977. The van der Waals surface area contributed by atoms with Gasteiger partial charge in [-0.15, -0.1) is 0 Å². The second-order valence-corrected chi connectivity index (χ2v) is 4.72. The molecule has 0 bridgehead atoms. The fraction of sp³-hybridized carbons (Fsp3) is 0.267. The normalized spacial score (nSPS) is 17.9. The number of benzene rings is 1. The van der Waals surface area contributed by atoms with E-state index in [2.05, 4.69) is 0 Å². The van der Waals surface area contributed by atoms with Crippen LogP contribution in [0.2, 0.25) is 0 Å². The highest BCUT2D eigenvalue weighted by molar-refractivity contribution is 6.01. The predicted molar refractivity (Wildman–Crippen MR) is 72.8 cm³/mol. The maximum Gasteiger partial charge on any atom is 0.170 e. The average Bonchev–Trinajstić information content (AvgIpc) is 2.37. The van der Waals surface area contributed by atoms with Crippen molar-refractivity contribution in [3.05, 3.63) is 41.5 Å². The number of hydrogen-bond donors (Lipinski definition) is 4. The largest absolute Gasteiger partial charge is 0.508 e. The van der Waals surface area contributed by atoms with Crippen molar-refractivity contribution in [1.29, 1.82) is 0 Å². The second-order valence-electron chi connectivity index (χ2n) is 4.72. The van der Waals surface area contributed by atoms with Gasteiger partial charge in [0.1, 0.15) is 22.8 Å². The molecule has 0 aliphatic heterocycles. The molecule has 0 spiro atoms. The Balaban J connectivity index is 2.05. The number of carbonyl (C=O) groups is 1. The number of aliphatic hydroxyl groups excluding tert-OH is 1. The number of phenols is 3. The minimum absolute atomic E-state index is 0.123. The van der Waals surface area contributed by atoms with E-state index in [1.807, 2.05) is 6.08 Å². The zero-order valence-electron chi connectivity index (χ0n) is 10.8. The molecule has 5 nitrogen and oxygen atoms in total. The van der Waals surface area contributed by atoms with Crippen molar-refractivity contribution in [2.45, 2.75) is 25.4 Å². The van der Waals surface area contributed by atoms with Gasteiger partial charge in [0.15, 0.2) is 5.78 Å². The van der Waals surface area contributed by atoms with Crippen LogP contribution < -0.4 is 0 Å². The molecule has 0 heterocycles. The molecule has 1 aliphatic carbocycles. The molecule has 5 heteroatoms. The van der Waals surface area contributed by atoms with Gasteiger partial charge in [0.2, 0.25) is 0 Å². The maximum absolute atomic E-state index is 12.0. The van der Waals surface area contributed by atoms with Crippen LogP contribution in [0.5, 0.6) is 17.2 Å². The van der Waals surface area contributed by atoms with E-state index in [0.29, 0.717) is 12.8 Å². The first kappa shape index (κ1) is 14.1. The van der Waals surface area contributed by atoms with Gasteiger partial charge in [-0.1, -0.05) is 23.8 Å². The Hall–Kier alpha value is -2.27. The number of aliphatic hydroxyl groups is 1. The van der Waals surface area contributed by atoms with E-state index in [9.17, 15) is 25.2 Å². The molecule has 1 aliphatic rings. The van der Waals surface area contributed by atoms with Gasteiger partial charge in [0.05, 0.1) is 6.10 Å². The molecule has 1 atom stereocenters. The van der Waals surface area contributed by atoms with Gasteiger partial charge in [0.25, 0.3) is 0 Å². The number of hydrogen-bond acceptors (Lipinski definition) is 5. The van der Waals surface area contributed by atoms with Crippen molar-refractivity contribution >= 4 is 5.78 Å². The molecule has 106 valence electrons. The minimum Gasteiger partial charge on any atom is -0.508 e. The summed E-state index contributed by atoms with van der Waals surface area (Å²) in [6.45, 7) is 0. The van der Waals surface area contributed by atoms with Crippen LogP contribution in [0, 0.1) is 0 Å². The summed E-state index contributed by atoms with van der Waals surface area (Å²) in [6.07, 6.45) is 5.91. The lowest BCUT2D eigenvalue weighted by atomic mass is 9.97. The lowest BCUT2D eigenvalue weighted by Crippen LogP contribution is -2.05. The number of aromatic hydroxyl groups is 3. The Bertz CT molecular complexity index is 563. The number of Topliss-reactive ketones (excluding diaryl/α,β-unsaturated/α-hetero) is 1. The summed E-state index contributed by atoms with van der Waals surface area (Å²) in [7, 11) is 0. The molecule has 0 radical (unpaired) electrons. The van der Waals surface area contributed by atoms with Crippen molar-refractivity contribution in [1.82, 2.24) is 0 Å². The quantitative estimate of drug-likeness (QED) is 0.631. The summed E-state index contributed by atoms with van der Waals surface area (Å²) < 4.78 is 0. The van der Waals surface area contributed by atoms with Crippen LogP contribution in [0.3, 0.4) is 0 Å². The molecule has 2 rings (SSSR count). The van der Waals surface area contributed by atoms with Crippen LogP contribution in [0.25, 0.3) is 0 Å². The summed E-state index contributed by atoms with van der Waals surface area (Å²) in [6, 6.07) is 2.03.